The van der Waals surface area contributed by atoms with Crippen molar-refractivity contribution in [3.63, 3.8) is 0 Å². The van der Waals surface area contributed by atoms with Crippen LogP contribution in [0.25, 0.3) is 11.3 Å². The van der Waals surface area contributed by atoms with Crippen molar-refractivity contribution in [2.75, 3.05) is 26.2 Å². The molecule has 4 rings (SSSR count). The topological polar surface area (TPSA) is 36.4 Å². The second-order valence-electron chi connectivity index (χ2n) is 6.71. The van der Waals surface area contributed by atoms with Gasteiger partial charge in [0.1, 0.15) is 10.8 Å². The van der Waals surface area contributed by atoms with Crippen molar-refractivity contribution < 1.29 is 9.18 Å². The zero-order chi connectivity index (χ0) is 19.5. The summed E-state index contributed by atoms with van der Waals surface area (Å²) >= 11 is 7.60. The van der Waals surface area contributed by atoms with Crippen molar-refractivity contribution in [1.82, 2.24) is 14.8 Å². The highest BCUT2D eigenvalue weighted by molar-refractivity contribution is 7.09. The molecule has 0 radical (unpaired) electrons. The van der Waals surface area contributed by atoms with Gasteiger partial charge in [-0.25, -0.2) is 9.37 Å². The number of thiazole rings is 1. The van der Waals surface area contributed by atoms with E-state index in [1.54, 1.807) is 47.7 Å². The maximum Gasteiger partial charge on any atom is 0.253 e. The number of hydrogen-bond acceptors (Lipinski definition) is 4. The summed E-state index contributed by atoms with van der Waals surface area (Å²) < 4.78 is 13.1. The maximum atomic E-state index is 13.1. The van der Waals surface area contributed by atoms with Crippen molar-refractivity contribution in [3.05, 3.63) is 75.3 Å². The molecule has 1 aliphatic rings. The second kappa shape index (κ2) is 8.39. The predicted octanol–water partition coefficient (Wildman–Crippen LogP) is 4.56. The van der Waals surface area contributed by atoms with E-state index in [-0.39, 0.29) is 11.7 Å². The van der Waals surface area contributed by atoms with Gasteiger partial charge in [-0.3, -0.25) is 9.69 Å². The van der Waals surface area contributed by atoms with E-state index >= 15 is 0 Å². The van der Waals surface area contributed by atoms with Crippen molar-refractivity contribution in [3.8, 4) is 11.3 Å². The molecule has 1 aliphatic heterocycles. The number of halogens is 2. The summed E-state index contributed by atoms with van der Waals surface area (Å²) in [6, 6.07) is 13.5. The lowest BCUT2D eigenvalue weighted by Crippen LogP contribution is -2.48. The number of amides is 1. The summed E-state index contributed by atoms with van der Waals surface area (Å²) in [6.07, 6.45) is 0. The van der Waals surface area contributed by atoms with E-state index in [1.165, 1.54) is 12.1 Å². The van der Waals surface area contributed by atoms with Gasteiger partial charge in [0.2, 0.25) is 0 Å². The molecule has 2 heterocycles. The van der Waals surface area contributed by atoms with E-state index in [0.29, 0.717) is 23.7 Å². The normalized spacial score (nSPS) is 15.0. The number of nitrogens with zero attached hydrogens (tertiary/aromatic N) is 3. The van der Waals surface area contributed by atoms with Gasteiger partial charge in [0.25, 0.3) is 5.91 Å². The van der Waals surface area contributed by atoms with Gasteiger partial charge in [-0.2, -0.15) is 0 Å². The summed E-state index contributed by atoms with van der Waals surface area (Å²) in [4.78, 5) is 21.5. The van der Waals surface area contributed by atoms with Gasteiger partial charge < -0.3 is 4.90 Å². The van der Waals surface area contributed by atoms with E-state index in [0.717, 1.165) is 35.9 Å². The average molecular weight is 416 g/mol. The highest BCUT2D eigenvalue weighted by Gasteiger charge is 2.23. The Balaban J connectivity index is 1.33. The first-order valence-corrected chi connectivity index (χ1v) is 10.3. The molecule has 0 aliphatic carbocycles. The first-order valence-electron chi connectivity index (χ1n) is 9.06. The van der Waals surface area contributed by atoms with Crippen LogP contribution < -0.4 is 0 Å². The van der Waals surface area contributed by atoms with Gasteiger partial charge in [-0.15, -0.1) is 11.3 Å². The summed E-state index contributed by atoms with van der Waals surface area (Å²) in [5.74, 6) is -0.223. The van der Waals surface area contributed by atoms with Crippen molar-refractivity contribution in [1.29, 1.82) is 0 Å². The molecule has 1 fully saturated rings. The standard InChI is InChI=1S/C21H19ClFN3OS/c22-17-3-1-2-16(12-17)21(27)26-10-8-25(9-11-26)13-20-24-19(14-28-20)15-4-6-18(23)7-5-15/h1-7,12,14H,8-11,13H2. The quantitative estimate of drug-likeness (QED) is 0.626. The fraction of sp³-hybridized carbons (Fsp3) is 0.238. The van der Waals surface area contributed by atoms with E-state index < -0.39 is 0 Å². The number of hydrogen-bond donors (Lipinski definition) is 0. The summed E-state index contributed by atoms with van der Waals surface area (Å²) in [7, 11) is 0. The van der Waals surface area contributed by atoms with Gasteiger partial charge in [0.15, 0.2) is 0 Å². The van der Waals surface area contributed by atoms with Gasteiger partial charge in [-0.1, -0.05) is 17.7 Å². The molecule has 1 amide bonds. The molecule has 4 nitrogen and oxygen atoms in total. The smallest absolute Gasteiger partial charge is 0.253 e. The van der Waals surface area contributed by atoms with E-state index in [2.05, 4.69) is 9.88 Å². The molecule has 28 heavy (non-hydrogen) atoms. The zero-order valence-corrected chi connectivity index (χ0v) is 16.7. The van der Waals surface area contributed by atoms with Gasteiger partial charge in [0, 0.05) is 47.7 Å². The number of benzene rings is 2. The summed E-state index contributed by atoms with van der Waals surface area (Å²) in [5.41, 5.74) is 2.42. The highest BCUT2D eigenvalue weighted by atomic mass is 35.5. The Morgan fingerprint density at radius 1 is 1.11 bits per heavy atom. The van der Waals surface area contributed by atoms with Crippen LogP contribution in [0, 0.1) is 5.82 Å². The van der Waals surface area contributed by atoms with Crippen molar-refractivity contribution in [2.45, 2.75) is 6.54 Å². The van der Waals surface area contributed by atoms with E-state index in [9.17, 15) is 9.18 Å². The fourth-order valence-electron chi connectivity index (χ4n) is 3.24. The summed E-state index contributed by atoms with van der Waals surface area (Å²) in [5, 5.41) is 3.60. The third kappa shape index (κ3) is 4.41. The van der Waals surface area contributed by atoms with Gasteiger partial charge >= 0.3 is 0 Å². The minimum atomic E-state index is -0.246. The third-order valence-corrected chi connectivity index (χ3v) is 5.85. The largest absolute Gasteiger partial charge is 0.336 e. The van der Waals surface area contributed by atoms with Gasteiger partial charge in [0.05, 0.1) is 12.2 Å². The molecule has 0 unspecified atom stereocenters. The molecule has 3 aromatic rings. The SMILES string of the molecule is O=C(c1cccc(Cl)c1)N1CCN(Cc2nc(-c3ccc(F)cc3)cs2)CC1. The van der Waals surface area contributed by atoms with Crippen LogP contribution in [0.3, 0.4) is 0 Å². The molecule has 0 bridgehead atoms. The van der Waals surface area contributed by atoms with Gasteiger partial charge in [-0.05, 0) is 42.5 Å². The number of piperazine rings is 1. The van der Waals surface area contributed by atoms with Crippen LogP contribution in [0.15, 0.2) is 53.9 Å². The molecule has 144 valence electrons. The van der Waals surface area contributed by atoms with Crippen molar-refractivity contribution >= 4 is 28.8 Å². The van der Waals surface area contributed by atoms with E-state index in [4.69, 9.17) is 11.6 Å². The highest BCUT2D eigenvalue weighted by Crippen LogP contribution is 2.23. The molecule has 7 heteroatoms. The minimum Gasteiger partial charge on any atom is -0.336 e. The van der Waals surface area contributed by atoms with Crippen LogP contribution >= 0.6 is 22.9 Å². The number of carbonyl (C=O) groups is 1. The van der Waals surface area contributed by atoms with Crippen LogP contribution in [-0.4, -0.2) is 46.9 Å². The average Bonchev–Trinajstić information content (AvgIpc) is 3.17. The zero-order valence-electron chi connectivity index (χ0n) is 15.1. The van der Waals surface area contributed by atoms with Crippen LogP contribution in [0.2, 0.25) is 5.02 Å². The summed E-state index contributed by atoms with van der Waals surface area (Å²) in [6.45, 7) is 3.73. The third-order valence-electron chi connectivity index (χ3n) is 4.78. The Hall–Kier alpha value is -2.28. The molecule has 2 aromatic carbocycles. The molecule has 1 aromatic heterocycles. The molecule has 0 spiro atoms. The Morgan fingerprint density at radius 3 is 2.57 bits per heavy atom. The molecular formula is C21H19ClFN3OS. The Morgan fingerprint density at radius 2 is 1.86 bits per heavy atom. The molecule has 0 N–H and O–H groups in total. The number of rotatable bonds is 4. The first-order chi connectivity index (χ1) is 13.6. The van der Waals surface area contributed by atoms with E-state index in [1.807, 2.05) is 10.3 Å². The predicted molar refractivity (Wildman–Crippen MR) is 110 cm³/mol. The van der Waals surface area contributed by atoms with Crippen LogP contribution in [0.1, 0.15) is 15.4 Å². The number of carbonyl (C=O) groups excluding carboxylic acids is 1. The second-order valence-corrected chi connectivity index (χ2v) is 8.09. The van der Waals surface area contributed by atoms with Crippen LogP contribution in [0.5, 0.6) is 0 Å². The maximum absolute atomic E-state index is 13.1. The monoisotopic (exact) mass is 415 g/mol. The number of aromatic nitrogens is 1. The fourth-order valence-corrected chi connectivity index (χ4v) is 4.28. The molecular weight excluding hydrogens is 397 g/mol. The molecule has 0 saturated carbocycles. The minimum absolute atomic E-state index is 0.0231. The lowest BCUT2D eigenvalue weighted by Gasteiger charge is -2.34. The van der Waals surface area contributed by atoms with Crippen LogP contribution in [0.4, 0.5) is 4.39 Å². The van der Waals surface area contributed by atoms with Crippen molar-refractivity contribution in [2.24, 2.45) is 0 Å². The lowest BCUT2D eigenvalue weighted by atomic mass is 10.2. The first kappa shape index (κ1) is 19.1. The Bertz CT molecular complexity index is 968. The Kier molecular flexibility index (Phi) is 5.71. The molecule has 1 saturated heterocycles. The molecule has 0 atom stereocenters. The lowest BCUT2D eigenvalue weighted by molar-refractivity contribution is 0.0628. The Labute approximate surface area is 172 Å². The van der Waals surface area contributed by atoms with Crippen LogP contribution in [-0.2, 0) is 6.54 Å².